The van der Waals surface area contributed by atoms with Gasteiger partial charge in [0.2, 0.25) is 0 Å². The normalized spacial score (nSPS) is 13.1. The maximum atomic E-state index is 12.0. The van der Waals surface area contributed by atoms with E-state index in [0.29, 0.717) is 40.5 Å². The second kappa shape index (κ2) is 13.0. The summed E-state index contributed by atoms with van der Waals surface area (Å²) in [6, 6.07) is 7.23. The smallest absolute Gasteiger partial charge is 0.350 e. The number of hydrogen-bond donors (Lipinski definition) is 2. The van der Waals surface area contributed by atoms with Crippen LogP contribution in [0.15, 0.2) is 29.3 Å². The lowest BCUT2D eigenvalue weighted by Gasteiger charge is -2.20. The number of esters is 1. The van der Waals surface area contributed by atoms with Crippen molar-refractivity contribution in [2.24, 2.45) is 4.99 Å². The fourth-order valence-corrected chi connectivity index (χ4v) is 3.63. The molecule has 0 radical (unpaired) electrons. The molecule has 10 heteroatoms. The topological polar surface area (TPSA) is 84.8 Å². The molecular formula is C20H28ClIN4O3S. The van der Waals surface area contributed by atoms with E-state index in [1.165, 1.54) is 11.3 Å². The number of hydrogen-bond acceptors (Lipinski definition) is 6. The van der Waals surface area contributed by atoms with Crippen molar-refractivity contribution in [2.45, 2.75) is 39.8 Å². The van der Waals surface area contributed by atoms with Crippen molar-refractivity contribution in [2.75, 3.05) is 20.2 Å². The van der Waals surface area contributed by atoms with Gasteiger partial charge in [0, 0.05) is 7.05 Å². The molecule has 0 bridgehead atoms. The van der Waals surface area contributed by atoms with Crippen LogP contribution in [0.1, 0.15) is 47.2 Å². The van der Waals surface area contributed by atoms with Crippen molar-refractivity contribution in [1.29, 1.82) is 0 Å². The van der Waals surface area contributed by atoms with Crippen LogP contribution in [0.5, 0.6) is 5.75 Å². The summed E-state index contributed by atoms with van der Waals surface area (Å²) in [7, 11) is 1.69. The molecule has 166 valence electrons. The summed E-state index contributed by atoms with van der Waals surface area (Å²) in [6.45, 7) is 8.37. The number of ether oxygens (including phenoxy) is 2. The largest absolute Gasteiger partial charge is 0.487 e. The van der Waals surface area contributed by atoms with Gasteiger partial charge in [-0.1, -0.05) is 23.7 Å². The number of thiazole rings is 1. The minimum atomic E-state index is -0.339. The number of nitrogens with zero attached hydrogens (tertiary/aromatic N) is 2. The molecule has 0 saturated carbocycles. The number of guanidine groups is 1. The Morgan fingerprint density at radius 1 is 1.33 bits per heavy atom. The van der Waals surface area contributed by atoms with Gasteiger partial charge >= 0.3 is 5.97 Å². The molecule has 0 spiro atoms. The Hall–Kier alpha value is -1.59. The molecule has 0 saturated heterocycles. The summed E-state index contributed by atoms with van der Waals surface area (Å²) in [5.74, 6) is 0.913. The van der Waals surface area contributed by atoms with Crippen LogP contribution in [-0.4, -0.2) is 43.2 Å². The molecule has 2 atom stereocenters. The zero-order valence-electron chi connectivity index (χ0n) is 17.7. The number of aliphatic imine (C=N–C) groups is 1. The second-order valence-electron chi connectivity index (χ2n) is 6.37. The number of rotatable bonds is 8. The summed E-state index contributed by atoms with van der Waals surface area (Å²) in [6.07, 6.45) is -0.124. The molecule has 0 aliphatic carbocycles. The van der Waals surface area contributed by atoms with Crippen LogP contribution in [0.2, 0.25) is 5.02 Å². The maximum Gasteiger partial charge on any atom is 0.350 e. The minimum absolute atomic E-state index is 0. The van der Waals surface area contributed by atoms with Crippen LogP contribution >= 0.6 is 46.9 Å². The molecule has 7 nitrogen and oxygen atoms in total. The van der Waals surface area contributed by atoms with Crippen LogP contribution in [0, 0.1) is 6.92 Å². The fourth-order valence-electron chi connectivity index (χ4n) is 2.49. The standard InChI is InChI=1S/C20H27ClN4O3S.HI/c1-6-27-19(26)17-13(3)24-18(29-17)14(4)25-20(22-5)23-11-12(2)28-16-10-8-7-9-15(16)21;/h7-10,12,14H,6,11H2,1-5H3,(H2,22,23,25);1H. The van der Waals surface area contributed by atoms with Crippen LogP contribution in [0.4, 0.5) is 0 Å². The molecule has 0 aliphatic rings. The van der Waals surface area contributed by atoms with E-state index in [0.717, 1.165) is 5.01 Å². The molecule has 2 unspecified atom stereocenters. The molecule has 2 N–H and O–H groups in total. The van der Waals surface area contributed by atoms with Gasteiger partial charge in [0.05, 0.1) is 29.9 Å². The quantitative estimate of drug-likeness (QED) is 0.210. The molecule has 1 heterocycles. The van der Waals surface area contributed by atoms with E-state index in [-0.39, 0.29) is 42.1 Å². The highest BCUT2D eigenvalue weighted by Gasteiger charge is 2.20. The number of para-hydroxylation sites is 1. The van der Waals surface area contributed by atoms with Gasteiger partial charge in [-0.3, -0.25) is 4.99 Å². The number of carbonyl (C=O) groups excluding carboxylic acids is 1. The van der Waals surface area contributed by atoms with Gasteiger partial charge in [0.15, 0.2) is 5.96 Å². The first-order valence-corrected chi connectivity index (χ1v) is 10.6. The molecule has 1 aromatic heterocycles. The number of halogens is 2. The molecule has 0 fully saturated rings. The first-order valence-electron chi connectivity index (χ1n) is 9.38. The van der Waals surface area contributed by atoms with Crippen LogP contribution in [0.25, 0.3) is 0 Å². The van der Waals surface area contributed by atoms with Crippen LogP contribution in [-0.2, 0) is 4.74 Å². The Labute approximate surface area is 203 Å². The minimum Gasteiger partial charge on any atom is -0.487 e. The predicted octanol–water partition coefficient (Wildman–Crippen LogP) is 4.59. The van der Waals surface area contributed by atoms with Gasteiger partial charge in [-0.15, -0.1) is 35.3 Å². The number of nitrogens with one attached hydrogen (secondary N) is 2. The van der Waals surface area contributed by atoms with E-state index < -0.39 is 0 Å². The van der Waals surface area contributed by atoms with E-state index >= 15 is 0 Å². The third-order valence-corrected chi connectivity index (χ3v) is 5.58. The van der Waals surface area contributed by atoms with Crippen molar-refractivity contribution < 1.29 is 14.3 Å². The number of carbonyl (C=O) groups is 1. The molecule has 0 amide bonds. The third kappa shape index (κ3) is 7.59. The summed E-state index contributed by atoms with van der Waals surface area (Å²) < 4.78 is 10.9. The molecule has 2 aromatic rings. The highest BCUT2D eigenvalue weighted by Crippen LogP contribution is 2.25. The second-order valence-corrected chi connectivity index (χ2v) is 7.80. The van der Waals surface area contributed by atoms with E-state index in [1.807, 2.05) is 32.0 Å². The first-order chi connectivity index (χ1) is 13.8. The average Bonchev–Trinajstić information content (AvgIpc) is 3.09. The Kier molecular flexibility index (Phi) is 11.4. The van der Waals surface area contributed by atoms with E-state index in [2.05, 4.69) is 20.6 Å². The van der Waals surface area contributed by atoms with Gasteiger partial charge in [-0.05, 0) is 39.8 Å². The van der Waals surface area contributed by atoms with Crippen molar-refractivity contribution >= 4 is 58.8 Å². The van der Waals surface area contributed by atoms with Crippen molar-refractivity contribution in [1.82, 2.24) is 15.6 Å². The molecule has 1 aromatic carbocycles. The lowest BCUT2D eigenvalue weighted by Crippen LogP contribution is -2.42. The zero-order chi connectivity index (χ0) is 21.4. The fraction of sp³-hybridized carbons (Fsp3) is 0.450. The van der Waals surface area contributed by atoms with Crippen LogP contribution in [0.3, 0.4) is 0 Å². The average molecular weight is 567 g/mol. The van der Waals surface area contributed by atoms with Gasteiger partial charge in [0.25, 0.3) is 0 Å². The third-order valence-electron chi connectivity index (χ3n) is 3.94. The van der Waals surface area contributed by atoms with E-state index in [1.54, 1.807) is 27.0 Å². The summed E-state index contributed by atoms with van der Waals surface area (Å²) >= 11 is 7.46. The highest BCUT2D eigenvalue weighted by molar-refractivity contribution is 14.0. The van der Waals surface area contributed by atoms with E-state index in [4.69, 9.17) is 21.1 Å². The summed E-state index contributed by atoms with van der Waals surface area (Å²) in [5, 5.41) is 7.87. The Morgan fingerprint density at radius 2 is 2.03 bits per heavy atom. The summed E-state index contributed by atoms with van der Waals surface area (Å²) in [4.78, 5) is 21.3. The SMILES string of the molecule is CCOC(=O)c1sc(C(C)NC(=NC)NCC(C)Oc2ccccc2Cl)nc1C.I. The summed E-state index contributed by atoms with van der Waals surface area (Å²) in [5.41, 5.74) is 0.668. The lowest BCUT2D eigenvalue weighted by atomic mass is 10.3. The Bertz CT molecular complexity index is 862. The van der Waals surface area contributed by atoms with E-state index in [9.17, 15) is 4.79 Å². The molecular weight excluding hydrogens is 539 g/mol. The Morgan fingerprint density at radius 3 is 2.67 bits per heavy atom. The van der Waals surface area contributed by atoms with Gasteiger partial charge in [-0.25, -0.2) is 9.78 Å². The molecule has 2 rings (SSSR count). The Balaban J connectivity index is 0.00000450. The van der Waals surface area contributed by atoms with Crippen LogP contribution < -0.4 is 15.4 Å². The maximum absolute atomic E-state index is 12.0. The van der Waals surface area contributed by atoms with Gasteiger partial charge in [0.1, 0.15) is 21.7 Å². The van der Waals surface area contributed by atoms with Gasteiger partial charge < -0.3 is 20.1 Å². The van der Waals surface area contributed by atoms with Crippen molar-refractivity contribution in [3.8, 4) is 5.75 Å². The lowest BCUT2D eigenvalue weighted by molar-refractivity contribution is 0.0531. The van der Waals surface area contributed by atoms with Crippen molar-refractivity contribution in [3.05, 3.63) is 44.9 Å². The number of aromatic nitrogens is 1. The monoisotopic (exact) mass is 566 g/mol. The zero-order valence-corrected chi connectivity index (χ0v) is 21.6. The number of benzene rings is 1. The molecule has 30 heavy (non-hydrogen) atoms. The first kappa shape index (κ1) is 26.4. The molecule has 0 aliphatic heterocycles. The van der Waals surface area contributed by atoms with Gasteiger partial charge in [-0.2, -0.15) is 0 Å². The predicted molar refractivity (Wildman–Crippen MR) is 133 cm³/mol. The highest BCUT2D eigenvalue weighted by atomic mass is 127. The van der Waals surface area contributed by atoms with Crippen molar-refractivity contribution in [3.63, 3.8) is 0 Å². The number of aryl methyl sites for hydroxylation is 1.